The number of halogens is 1. The van der Waals surface area contributed by atoms with Crippen molar-refractivity contribution in [1.82, 2.24) is 4.98 Å². The topological polar surface area (TPSA) is 60.2 Å². The van der Waals surface area contributed by atoms with Crippen molar-refractivity contribution in [3.8, 4) is 5.75 Å². The summed E-state index contributed by atoms with van der Waals surface area (Å²) < 4.78 is 18.9. The summed E-state index contributed by atoms with van der Waals surface area (Å²) >= 11 is 1.58. The summed E-state index contributed by atoms with van der Waals surface area (Å²) in [6.07, 6.45) is 1.80. The van der Waals surface area contributed by atoms with Crippen molar-refractivity contribution in [2.24, 2.45) is 0 Å². The number of nitrogens with two attached hydrogens (primary N) is 1. The van der Waals surface area contributed by atoms with Gasteiger partial charge in [-0.2, -0.15) is 0 Å². The molecule has 1 aromatic carbocycles. The average molecular weight is 281 g/mol. The van der Waals surface area contributed by atoms with Gasteiger partial charge in [-0.15, -0.1) is 11.3 Å². The van der Waals surface area contributed by atoms with Crippen LogP contribution < -0.4 is 15.8 Å². The Morgan fingerprint density at radius 2 is 2.21 bits per heavy atom. The molecule has 0 saturated heterocycles. The van der Waals surface area contributed by atoms with E-state index in [1.165, 1.54) is 13.2 Å². The summed E-state index contributed by atoms with van der Waals surface area (Å²) in [5.41, 5.74) is 6.28. The van der Waals surface area contributed by atoms with Crippen LogP contribution in [0.25, 0.3) is 0 Å². The van der Waals surface area contributed by atoms with Gasteiger partial charge in [0.05, 0.1) is 24.5 Å². The molecule has 0 saturated carbocycles. The van der Waals surface area contributed by atoms with Crippen molar-refractivity contribution < 1.29 is 9.13 Å². The van der Waals surface area contributed by atoms with Crippen LogP contribution in [0.5, 0.6) is 5.75 Å². The molecule has 0 fully saturated rings. The summed E-state index contributed by atoms with van der Waals surface area (Å²) in [7, 11) is 1.50. The van der Waals surface area contributed by atoms with Gasteiger partial charge < -0.3 is 15.8 Å². The average Bonchev–Trinajstić information content (AvgIpc) is 2.79. The molecule has 1 aromatic heterocycles. The number of rotatable bonds is 4. The fourth-order valence-electron chi connectivity index (χ4n) is 1.72. The fraction of sp³-hybridized carbons (Fsp3) is 0.308. The Labute approximate surface area is 115 Å². The number of thiazole rings is 1. The number of nitrogen functional groups attached to an aromatic ring is 1. The highest BCUT2D eigenvalue weighted by molar-refractivity contribution is 7.11. The van der Waals surface area contributed by atoms with Crippen molar-refractivity contribution in [1.29, 1.82) is 0 Å². The van der Waals surface area contributed by atoms with Crippen LogP contribution in [-0.4, -0.2) is 12.1 Å². The minimum atomic E-state index is -0.404. The minimum absolute atomic E-state index is 0.0819. The molecule has 19 heavy (non-hydrogen) atoms. The molecule has 1 unspecified atom stereocenters. The van der Waals surface area contributed by atoms with Crippen molar-refractivity contribution in [3.05, 3.63) is 34.0 Å². The maximum Gasteiger partial charge on any atom is 0.148 e. The lowest BCUT2D eigenvalue weighted by Gasteiger charge is -2.15. The maximum atomic E-state index is 13.8. The second kappa shape index (κ2) is 5.44. The van der Waals surface area contributed by atoms with Gasteiger partial charge in [0, 0.05) is 23.2 Å². The molecular weight excluding hydrogens is 265 g/mol. The van der Waals surface area contributed by atoms with Crippen LogP contribution in [0.1, 0.15) is 22.9 Å². The molecule has 2 rings (SSSR count). The Hall–Kier alpha value is -1.82. The van der Waals surface area contributed by atoms with Gasteiger partial charge in [-0.05, 0) is 13.8 Å². The molecular formula is C13H16FN3OS. The van der Waals surface area contributed by atoms with Gasteiger partial charge in [-0.3, -0.25) is 0 Å². The van der Waals surface area contributed by atoms with Crippen molar-refractivity contribution in [3.63, 3.8) is 0 Å². The van der Waals surface area contributed by atoms with E-state index < -0.39 is 5.82 Å². The van der Waals surface area contributed by atoms with Crippen LogP contribution >= 0.6 is 11.3 Å². The fourth-order valence-corrected chi connectivity index (χ4v) is 2.50. The highest BCUT2D eigenvalue weighted by atomic mass is 32.1. The molecule has 0 amide bonds. The van der Waals surface area contributed by atoms with Crippen molar-refractivity contribution in [2.75, 3.05) is 18.2 Å². The molecule has 6 heteroatoms. The largest absolute Gasteiger partial charge is 0.495 e. The van der Waals surface area contributed by atoms with Crippen LogP contribution in [0.3, 0.4) is 0 Å². The predicted molar refractivity (Wildman–Crippen MR) is 76.3 cm³/mol. The Balaban J connectivity index is 2.23. The number of methoxy groups -OCH3 is 1. The zero-order chi connectivity index (χ0) is 14.0. The minimum Gasteiger partial charge on any atom is -0.495 e. The number of anilines is 2. The normalized spacial score (nSPS) is 12.2. The third-order valence-electron chi connectivity index (χ3n) is 2.70. The summed E-state index contributed by atoms with van der Waals surface area (Å²) in [4.78, 5) is 5.40. The monoisotopic (exact) mass is 281 g/mol. The number of ether oxygens (including phenoxy) is 1. The molecule has 1 atom stereocenters. The van der Waals surface area contributed by atoms with Gasteiger partial charge >= 0.3 is 0 Å². The Bertz CT molecular complexity index is 585. The number of nitrogens with zero attached hydrogens (tertiary/aromatic N) is 1. The first kappa shape index (κ1) is 13.6. The van der Waals surface area contributed by atoms with E-state index in [-0.39, 0.29) is 11.7 Å². The molecule has 0 aliphatic carbocycles. The maximum absolute atomic E-state index is 13.8. The Morgan fingerprint density at radius 3 is 2.79 bits per heavy atom. The predicted octanol–water partition coefficient (Wildman–Crippen LogP) is 3.35. The number of hydrogen-bond donors (Lipinski definition) is 2. The van der Waals surface area contributed by atoms with E-state index in [0.717, 1.165) is 9.88 Å². The highest BCUT2D eigenvalue weighted by Crippen LogP contribution is 2.31. The first-order chi connectivity index (χ1) is 9.01. The lowest BCUT2D eigenvalue weighted by Crippen LogP contribution is -2.08. The third-order valence-corrected chi connectivity index (χ3v) is 3.80. The van der Waals surface area contributed by atoms with Gasteiger partial charge in [0.25, 0.3) is 0 Å². The lowest BCUT2D eigenvalue weighted by atomic mass is 10.2. The van der Waals surface area contributed by atoms with E-state index in [0.29, 0.717) is 11.4 Å². The SMILES string of the molecule is COc1cc(NC(C)c2ncc(C)s2)c(F)cc1N. The van der Waals surface area contributed by atoms with Crippen LogP contribution in [-0.2, 0) is 0 Å². The van der Waals surface area contributed by atoms with Crippen molar-refractivity contribution in [2.45, 2.75) is 19.9 Å². The van der Waals surface area contributed by atoms with Crippen LogP contribution in [0.4, 0.5) is 15.8 Å². The van der Waals surface area contributed by atoms with E-state index in [9.17, 15) is 4.39 Å². The van der Waals surface area contributed by atoms with E-state index in [1.54, 1.807) is 23.6 Å². The standard InChI is InChI=1S/C13H16FN3OS/c1-7-6-16-13(19-7)8(2)17-11-5-12(18-3)10(15)4-9(11)14/h4-6,8,17H,15H2,1-3H3. The van der Waals surface area contributed by atoms with Crippen LogP contribution in [0.2, 0.25) is 0 Å². The van der Waals surface area contributed by atoms with E-state index in [2.05, 4.69) is 10.3 Å². The molecule has 1 heterocycles. The summed E-state index contributed by atoms with van der Waals surface area (Å²) in [5.74, 6) is 0.0462. The summed E-state index contributed by atoms with van der Waals surface area (Å²) in [5, 5.41) is 3.99. The number of aromatic nitrogens is 1. The second-order valence-electron chi connectivity index (χ2n) is 4.25. The van der Waals surface area contributed by atoms with Crippen LogP contribution in [0, 0.1) is 12.7 Å². The van der Waals surface area contributed by atoms with Gasteiger partial charge in [-0.1, -0.05) is 0 Å². The number of benzene rings is 1. The molecule has 0 spiro atoms. The lowest BCUT2D eigenvalue weighted by molar-refractivity contribution is 0.416. The first-order valence-corrected chi connectivity index (χ1v) is 6.64. The summed E-state index contributed by atoms with van der Waals surface area (Å²) in [6, 6.07) is 2.73. The molecule has 2 aromatic rings. The van der Waals surface area contributed by atoms with Gasteiger partial charge in [0.15, 0.2) is 0 Å². The smallest absolute Gasteiger partial charge is 0.148 e. The quantitative estimate of drug-likeness (QED) is 0.844. The van der Waals surface area contributed by atoms with E-state index >= 15 is 0 Å². The van der Waals surface area contributed by atoms with Crippen LogP contribution in [0.15, 0.2) is 18.3 Å². The zero-order valence-electron chi connectivity index (χ0n) is 11.0. The zero-order valence-corrected chi connectivity index (χ0v) is 11.8. The van der Waals surface area contributed by atoms with Crippen molar-refractivity contribution >= 4 is 22.7 Å². The number of aryl methyl sites for hydroxylation is 1. The number of hydrogen-bond acceptors (Lipinski definition) is 5. The van der Waals surface area contributed by atoms with Gasteiger partial charge in [0.1, 0.15) is 16.6 Å². The summed E-state index contributed by atoms with van der Waals surface area (Å²) in [6.45, 7) is 3.92. The molecule has 0 bridgehead atoms. The molecule has 3 N–H and O–H groups in total. The molecule has 4 nitrogen and oxygen atoms in total. The Morgan fingerprint density at radius 1 is 1.47 bits per heavy atom. The van der Waals surface area contributed by atoms with Gasteiger partial charge in [0.2, 0.25) is 0 Å². The third kappa shape index (κ3) is 2.96. The molecule has 0 aliphatic heterocycles. The molecule has 102 valence electrons. The first-order valence-electron chi connectivity index (χ1n) is 5.83. The number of nitrogens with one attached hydrogen (secondary N) is 1. The molecule has 0 aliphatic rings. The second-order valence-corrected chi connectivity index (χ2v) is 5.52. The Kier molecular flexibility index (Phi) is 3.90. The van der Waals surface area contributed by atoms with E-state index in [1.807, 2.05) is 13.8 Å². The van der Waals surface area contributed by atoms with Gasteiger partial charge in [-0.25, -0.2) is 9.37 Å². The highest BCUT2D eigenvalue weighted by Gasteiger charge is 2.14. The van der Waals surface area contributed by atoms with E-state index in [4.69, 9.17) is 10.5 Å². The molecule has 0 radical (unpaired) electrons.